The Morgan fingerprint density at radius 2 is 2.32 bits per heavy atom. The van der Waals surface area contributed by atoms with Gasteiger partial charge in [0.1, 0.15) is 15.9 Å². The molecule has 3 aromatic heterocycles. The second-order valence-electron chi connectivity index (χ2n) is 3.86. The van der Waals surface area contributed by atoms with E-state index in [0.29, 0.717) is 27.2 Å². The molecule has 0 amide bonds. The monoisotopic (exact) mass is 274 g/mol. The molecule has 0 saturated carbocycles. The van der Waals surface area contributed by atoms with Gasteiger partial charge >= 0.3 is 5.69 Å². The van der Waals surface area contributed by atoms with Crippen molar-refractivity contribution in [1.82, 2.24) is 24.6 Å². The summed E-state index contributed by atoms with van der Waals surface area (Å²) in [4.78, 5) is 20.0. The summed E-state index contributed by atoms with van der Waals surface area (Å²) in [7, 11) is 0. The second kappa shape index (κ2) is 4.39. The molecule has 8 heteroatoms. The lowest BCUT2D eigenvalue weighted by Gasteiger charge is -2.04. The highest BCUT2D eigenvalue weighted by Gasteiger charge is 2.09. The molecule has 3 rings (SSSR count). The first-order valence-electron chi connectivity index (χ1n) is 5.48. The van der Waals surface area contributed by atoms with E-state index in [0.717, 1.165) is 0 Å². The molecule has 7 nitrogen and oxygen atoms in total. The van der Waals surface area contributed by atoms with Gasteiger partial charge in [0.05, 0.1) is 5.69 Å². The number of anilines is 1. The molecule has 19 heavy (non-hydrogen) atoms. The van der Waals surface area contributed by atoms with Gasteiger partial charge in [0, 0.05) is 12.3 Å². The molecule has 96 valence electrons. The van der Waals surface area contributed by atoms with Crippen LogP contribution in [0.2, 0.25) is 0 Å². The normalized spacial score (nSPS) is 11.0. The van der Waals surface area contributed by atoms with Gasteiger partial charge in [-0.05, 0) is 30.8 Å². The zero-order valence-electron chi connectivity index (χ0n) is 9.99. The third kappa shape index (κ3) is 2.06. The molecule has 0 atom stereocenters. The van der Waals surface area contributed by atoms with E-state index in [-0.39, 0.29) is 5.69 Å². The molecular formula is C11H10N6OS. The van der Waals surface area contributed by atoms with E-state index < -0.39 is 0 Å². The highest BCUT2D eigenvalue weighted by molar-refractivity contribution is 7.99. The number of nitrogens with one attached hydrogen (secondary N) is 1. The minimum atomic E-state index is -0.297. The topological polar surface area (TPSA) is 102 Å². The van der Waals surface area contributed by atoms with E-state index in [2.05, 4.69) is 20.2 Å². The number of rotatable bonds is 2. The van der Waals surface area contributed by atoms with Gasteiger partial charge in [0.25, 0.3) is 0 Å². The lowest BCUT2D eigenvalue weighted by molar-refractivity contribution is 0.895. The predicted octanol–water partition coefficient (Wildman–Crippen LogP) is 0.854. The van der Waals surface area contributed by atoms with Crippen LogP contribution in [0.1, 0.15) is 5.82 Å². The molecule has 0 aliphatic rings. The summed E-state index contributed by atoms with van der Waals surface area (Å²) < 4.78 is 1.41. The Hall–Kier alpha value is -2.35. The van der Waals surface area contributed by atoms with Crippen LogP contribution < -0.4 is 11.4 Å². The third-order valence-corrected chi connectivity index (χ3v) is 3.50. The van der Waals surface area contributed by atoms with Gasteiger partial charge in [0.15, 0.2) is 5.65 Å². The maximum atomic E-state index is 11.5. The Morgan fingerprint density at radius 1 is 1.47 bits per heavy atom. The van der Waals surface area contributed by atoms with Crippen molar-refractivity contribution in [3.63, 3.8) is 0 Å². The Balaban J connectivity index is 2.07. The first-order valence-corrected chi connectivity index (χ1v) is 6.30. The maximum absolute atomic E-state index is 11.5. The Morgan fingerprint density at radius 3 is 3.11 bits per heavy atom. The van der Waals surface area contributed by atoms with Crippen molar-refractivity contribution in [3.05, 3.63) is 40.7 Å². The summed E-state index contributed by atoms with van der Waals surface area (Å²) in [6, 6.07) is 5.26. The van der Waals surface area contributed by atoms with Crippen molar-refractivity contribution in [2.75, 3.05) is 5.73 Å². The van der Waals surface area contributed by atoms with Crippen LogP contribution in [0.5, 0.6) is 0 Å². The fraction of sp³-hybridized carbons (Fsp3) is 0.0909. The smallest absolute Gasteiger partial charge is 0.349 e. The van der Waals surface area contributed by atoms with E-state index in [9.17, 15) is 4.79 Å². The number of hydrogen-bond donors (Lipinski definition) is 2. The molecule has 0 saturated heterocycles. The van der Waals surface area contributed by atoms with Gasteiger partial charge in [-0.1, -0.05) is 0 Å². The Labute approximate surface area is 111 Å². The van der Waals surface area contributed by atoms with E-state index in [1.165, 1.54) is 16.2 Å². The average Bonchev–Trinajstić information content (AvgIpc) is 2.74. The minimum absolute atomic E-state index is 0.297. The predicted molar refractivity (Wildman–Crippen MR) is 71.1 cm³/mol. The largest absolute Gasteiger partial charge is 0.397 e. The van der Waals surface area contributed by atoms with Gasteiger partial charge in [-0.15, -0.1) is 0 Å². The van der Waals surface area contributed by atoms with Crippen molar-refractivity contribution in [2.24, 2.45) is 0 Å². The van der Waals surface area contributed by atoms with Crippen LogP contribution in [-0.4, -0.2) is 24.6 Å². The molecule has 0 aliphatic heterocycles. The van der Waals surface area contributed by atoms with Crippen LogP contribution in [0.3, 0.4) is 0 Å². The van der Waals surface area contributed by atoms with E-state index in [1.807, 2.05) is 0 Å². The van der Waals surface area contributed by atoms with Crippen molar-refractivity contribution in [1.29, 1.82) is 0 Å². The molecule has 0 aromatic carbocycles. The molecule has 0 spiro atoms. The quantitative estimate of drug-likeness (QED) is 0.672. The first-order chi connectivity index (χ1) is 9.15. The molecule has 0 fully saturated rings. The molecule has 0 radical (unpaired) electrons. The minimum Gasteiger partial charge on any atom is -0.397 e. The standard InChI is InChI=1S/C11H10N6OS/c1-6-14-9(5-8-15-16-11(18)17(6)8)19-10-7(12)3-2-4-13-10/h2-5H,12H2,1H3,(H,16,18). The average molecular weight is 274 g/mol. The van der Waals surface area contributed by atoms with Crippen LogP contribution in [0, 0.1) is 6.92 Å². The molecule has 3 heterocycles. The van der Waals surface area contributed by atoms with Crippen molar-refractivity contribution in [3.8, 4) is 0 Å². The summed E-state index contributed by atoms with van der Waals surface area (Å²) in [5, 5.41) is 7.68. The van der Waals surface area contributed by atoms with Crippen molar-refractivity contribution >= 4 is 23.1 Å². The highest BCUT2D eigenvalue weighted by Crippen LogP contribution is 2.28. The van der Waals surface area contributed by atoms with Crippen LogP contribution in [0.4, 0.5) is 5.69 Å². The summed E-state index contributed by atoms with van der Waals surface area (Å²) in [6.45, 7) is 1.75. The van der Waals surface area contributed by atoms with Gasteiger partial charge in [-0.3, -0.25) is 0 Å². The van der Waals surface area contributed by atoms with Crippen LogP contribution in [0.15, 0.2) is 39.2 Å². The zero-order chi connectivity index (χ0) is 13.4. The number of fused-ring (bicyclic) bond motifs is 1. The summed E-state index contributed by atoms with van der Waals surface area (Å²) in [6.07, 6.45) is 1.67. The lowest BCUT2D eigenvalue weighted by Crippen LogP contribution is -2.13. The fourth-order valence-electron chi connectivity index (χ4n) is 1.71. The number of nitrogens with zero attached hydrogens (tertiary/aromatic N) is 4. The van der Waals surface area contributed by atoms with Crippen molar-refractivity contribution in [2.45, 2.75) is 17.0 Å². The SMILES string of the molecule is Cc1nc(Sc2ncccc2N)cc2n[nH]c(=O)n12. The molecule has 0 unspecified atom stereocenters. The molecule has 0 bridgehead atoms. The number of aromatic amines is 1. The zero-order valence-corrected chi connectivity index (χ0v) is 10.8. The van der Waals surface area contributed by atoms with Gasteiger partial charge in [-0.2, -0.15) is 5.10 Å². The van der Waals surface area contributed by atoms with Gasteiger partial charge in [0.2, 0.25) is 0 Å². The molecule has 3 N–H and O–H groups in total. The van der Waals surface area contributed by atoms with E-state index in [4.69, 9.17) is 5.73 Å². The summed E-state index contributed by atoms with van der Waals surface area (Å²) >= 11 is 1.34. The molecule has 0 aliphatic carbocycles. The van der Waals surface area contributed by atoms with Gasteiger partial charge < -0.3 is 5.73 Å². The number of nitrogen functional groups attached to an aromatic ring is 1. The lowest BCUT2D eigenvalue weighted by atomic mass is 10.4. The summed E-state index contributed by atoms with van der Waals surface area (Å²) in [5.74, 6) is 0.563. The van der Waals surface area contributed by atoms with Crippen LogP contribution in [-0.2, 0) is 0 Å². The fourth-order valence-corrected chi connectivity index (χ4v) is 2.55. The highest BCUT2D eigenvalue weighted by atomic mass is 32.2. The Kier molecular flexibility index (Phi) is 2.71. The number of pyridine rings is 1. The van der Waals surface area contributed by atoms with E-state index >= 15 is 0 Å². The number of aromatic nitrogens is 5. The number of H-pyrrole nitrogens is 1. The van der Waals surface area contributed by atoms with Crippen LogP contribution in [0.25, 0.3) is 5.65 Å². The van der Waals surface area contributed by atoms with Crippen LogP contribution >= 0.6 is 11.8 Å². The van der Waals surface area contributed by atoms with Crippen molar-refractivity contribution < 1.29 is 0 Å². The molecule has 3 aromatic rings. The number of hydrogen-bond acceptors (Lipinski definition) is 6. The third-order valence-electron chi connectivity index (χ3n) is 2.55. The number of nitrogens with two attached hydrogens (primary N) is 1. The number of aryl methyl sites for hydroxylation is 1. The maximum Gasteiger partial charge on any atom is 0.349 e. The molecular weight excluding hydrogens is 264 g/mol. The first kappa shape index (κ1) is 11.7. The second-order valence-corrected chi connectivity index (χ2v) is 4.87. The van der Waals surface area contributed by atoms with Gasteiger partial charge in [-0.25, -0.2) is 24.3 Å². The van der Waals surface area contributed by atoms with E-state index in [1.54, 1.807) is 31.3 Å². The summed E-state index contributed by atoms with van der Waals surface area (Å²) in [5.41, 5.74) is 6.65. The Bertz CT molecular complexity index is 808.